The highest BCUT2D eigenvalue weighted by Gasteiger charge is 2.30. The second-order valence-corrected chi connectivity index (χ2v) is 7.58. The monoisotopic (exact) mass is 247 g/mol. The fraction of sp³-hybridized carbons (Fsp3) is 1.00. The Balaban J connectivity index is 2.44. The lowest BCUT2D eigenvalue weighted by molar-refractivity contribution is 0.169. The summed E-state index contributed by atoms with van der Waals surface area (Å²) in [6, 6.07) is 0. The Bertz CT molecular complexity index is 287. The number of nitrogens with one attached hydrogen (secondary N) is 1. The van der Waals surface area contributed by atoms with Gasteiger partial charge in [-0.3, -0.25) is 0 Å². The van der Waals surface area contributed by atoms with Crippen LogP contribution >= 0.6 is 0 Å². The molecule has 0 spiro atoms. The van der Waals surface area contributed by atoms with Crippen LogP contribution in [-0.4, -0.2) is 34.0 Å². The molecule has 0 atom stereocenters. The quantitative estimate of drug-likeness (QED) is 0.780. The standard InChI is InChI=1S/C12H25NO2S/c1-13-11-12(7-4-3-5-8-12)9-6-10-16(2,14)15/h13H,3-11H2,1-2H3. The first-order chi connectivity index (χ1) is 7.47. The van der Waals surface area contributed by atoms with Crippen molar-refractivity contribution in [2.75, 3.05) is 25.6 Å². The van der Waals surface area contributed by atoms with Crippen molar-refractivity contribution in [3.05, 3.63) is 0 Å². The third kappa shape index (κ3) is 4.83. The van der Waals surface area contributed by atoms with E-state index < -0.39 is 9.84 Å². The zero-order valence-electron chi connectivity index (χ0n) is 10.6. The molecule has 0 bridgehead atoms. The van der Waals surface area contributed by atoms with Crippen molar-refractivity contribution in [2.24, 2.45) is 5.41 Å². The second-order valence-electron chi connectivity index (χ2n) is 5.32. The minimum absolute atomic E-state index is 0.346. The molecule has 0 saturated heterocycles. The van der Waals surface area contributed by atoms with Crippen LogP contribution in [-0.2, 0) is 9.84 Å². The molecule has 1 rings (SSSR count). The molecule has 0 heterocycles. The van der Waals surface area contributed by atoms with Gasteiger partial charge in [-0.05, 0) is 38.1 Å². The van der Waals surface area contributed by atoms with Crippen molar-refractivity contribution < 1.29 is 8.42 Å². The highest BCUT2D eigenvalue weighted by Crippen LogP contribution is 2.39. The average molecular weight is 247 g/mol. The fourth-order valence-electron chi connectivity index (χ4n) is 2.90. The summed E-state index contributed by atoms with van der Waals surface area (Å²) in [6.07, 6.45) is 9.69. The van der Waals surface area contributed by atoms with Crippen LogP contribution in [0, 0.1) is 5.41 Å². The minimum Gasteiger partial charge on any atom is -0.319 e. The topological polar surface area (TPSA) is 46.2 Å². The van der Waals surface area contributed by atoms with Crippen molar-refractivity contribution >= 4 is 9.84 Å². The van der Waals surface area contributed by atoms with Crippen molar-refractivity contribution in [3.8, 4) is 0 Å². The largest absolute Gasteiger partial charge is 0.319 e. The van der Waals surface area contributed by atoms with Gasteiger partial charge >= 0.3 is 0 Å². The van der Waals surface area contributed by atoms with E-state index in [9.17, 15) is 8.42 Å². The Labute approximate surface area is 99.9 Å². The normalized spacial score (nSPS) is 20.9. The van der Waals surface area contributed by atoms with Crippen LogP contribution in [0.1, 0.15) is 44.9 Å². The molecule has 1 aliphatic carbocycles. The Hall–Kier alpha value is -0.0900. The minimum atomic E-state index is -2.79. The maximum Gasteiger partial charge on any atom is 0.147 e. The van der Waals surface area contributed by atoms with Crippen LogP contribution in [0.3, 0.4) is 0 Å². The molecule has 0 aliphatic heterocycles. The molecule has 0 aromatic heterocycles. The lowest BCUT2D eigenvalue weighted by atomic mass is 9.71. The summed E-state index contributed by atoms with van der Waals surface area (Å²) >= 11 is 0. The molecule has 0 amide bonds. The van der Waals surface area contributed by atoms with E-state index in [1.54, 1.807) is 0 Å². The van der Waals surface area contributed by atoms with Gasteiger partial charge in [-0.1, -0.05) is 19.3 Å². The maximum atomic E-state index is 11.1. The van der Waals surface area contributed by atoms with Gasteiger partial charge in [-0.25, -0.2) is 8.42 Å². The number of rotatable bonds is 6. The van der Waals surface area contributed by atoms with Gasteiger partial charge in [0.1, 0.15) is 9.84 Å². The molecule has 4 heteroatoms. The Morgan fingerprint density at radius 3 is 2.31 bits per heavy atom. The van der Waals surface area contributed by atoms with Gasteiger partial charge in [0.25, 0.3) is 0 Å². The van der Waals surface area contributed by atoms with Gasteiger partial charge in [0, 0.05) is 18.6 Å². The van der Waals surface area contributed by atoms with E-state index in [1.165, 1.54) is 38.4 Å². The summed E-state index contributed by atoms with van der Waals surface area (Å²) in [5.41, 5.74) is 0.373. The van der Waals surface area contributed by atoms with E-state index in [0.717, 1.165) is 19.4 Å². The number of hydrogen-bond acceptors (Lipinski definition) is 3. The molecule has 1 N–H and O–H groups in total. The Morgan fingerprint density at radius 2 is 1.81 bits per heavy atom. The molecule has 96 valence electrons. The van der Waals surface area contributed by atoms with Crippen LogP contribution in [0.2, 0.25) is 0 Å². The van der Waals surface area contributed by atoms with Gasteiger partial charge in [0.15, 0.2) is 0 Å². The highest BCUT2D eigenvalue weighted by molar-refractivity contribution is 7.90. The first kappa shape index (κ1) is 14.0. The van der Waals surface area contributed by atoms with E-state index in [4.69, 9.17) is 0 Å². The molecule has 0 unspecified atom stereocenters. The van der Waals surface area contributed by atoms with Crippen LogP contribution < -0.4 is 5.32 Å². The van der Waals surface area contributed by atoms with Crippen LogP contribution in [0.25, 0.3) is 0 Å². The smallest absolute Gasteiger partial charge is 0.147 e. The van der Waals surface area contributed by atoms with E-state index >= 15 is 0 Å². The lowest BCUT2D eigenvalue weighted by Gasteiger charge is -2.37. The summed E-state index contributed by atoms with van der Waals surface area (Å²) in [4.78, 5) is 0. The van der Waals surface area contributed by atoms with Crippen LogP contribution in [0.5, 0.6) is 0 Å². The number of hydrogen-bond donors (Lipinski definition) is 1. The Kier molecular flexibility index (Phi) is 5.25. The molecule has 1 fully saturated rings. The van der Waals surface area contributed by atoms with E-state index in [0.29, 0.717) is 11.2 Å². The average Bonchev–Trinajstić information content (AvgIpc) is 2.17. The molecule has 1 aliphatic rings. The van der Waals surface area contributed by atoms with Crippen molar-refractivity contribution in [1.29, 1.82) is 0 Å². The van der Waals surface area contributed by atoms with Gasteiger partial charge in [-0.15, -0.1) is 0 Å². The second kappa shape index (κ2) is 6.01. The van der Waals surface area contributed by atoms with E-state index in [1.807, 2.05) is 7.05 Å². The molecular weight excluding hydrogens is 222 g/mol. The SMILES string of the molecule is CNCC1(CCCS(C)(=O)=O)CCCCC1. The Morgan fingerprint density at radius 1 is 1.19 bits per heavy atom. The first-order valence-electron chi connectivity index (χ1n) is 6.30. The molecule has 16 heavy (non-hydrogen) atoms. The van der Waals surface area contributed by atoms with Crippen molar-refractivity contribution in [3.63, 3.8) is 0 Å². The summed E-state index contributed by atoms with van der Waals surface area (Å²) in [7, 11) is -0.794. The van der Waals surface area contributed by atoms with E-state index in [-0.39, 0.29) is 0 Å². The predicted molar refractivity (Wildman–Crippen MR) is 68.4 cm³/mol. The molecule has 3 nitrogen and oxygen atoms in total. The zero-order chi connectivity index (χ0) is 12.1. The van der Waals surface area contributed by atoms with Gasteiger partial charge in [0.2, 0.25) is 0 Å². The summed E-state index contributed by atoms with van der Waals surface area (Å²) in [6.45, 7) is 1.04. The lowest BCUT2D eigenvalue weighted by Crippen LogP contribution is -2.35. The van der Waals surface area contributed by atoms with Crippen molar-refractivity contribution in [2.45, 2.75) is 44.9 Å². The first-order valence-corrected chi connectivity index (χ1v) is 8.36. The van der Waals surface area contributed by atoms with Crippen LogP contribution in [0.15, 0.2) is 0 Å². The maximum absolute atomic E-state index is 11.1. The number of sulfone groups is 1. The highest BCUT2D eigenvalue weighted by atomic mass is 32.2. The molecule has 0 aromatic rings. The molecule has 1 saturated carbocycles. The zero-order valence-corrected chi connectivity index (χ0v) is 11.4. The third-order valence-electron chi connectivity index (χ3n) is 3.69. The molecular formula is C12H25NO2S. The molecule has 0 radical (unpaired) electrons. The predicted octanol–water partition coefficient (Wildman–Crippen LogP) is 1.98. The van der Waals surface area contributed by atoms with E-state index in [2.05, 4.69) is 5.32 Å². The summed E-state index contributed by atoms with van der Waals surface area (Å²) < 4.78 is 22.2. The summed E-state index contributed by atoms with van der Waals surface area (Å²) in [5.74, 6) is 0.346. The van der Waals surface area contributed by atoms with Gasteiger partial charge in [-0.2, -0.15) is 0 Å². The fourth-order valence-corrected chi connectivity index (χ4v) is 3.57. The van der Waals surface area contributed by atoms with Crippen molar-refractivity contribution in [1.82, 2.24) is 5.32 Å². The third-order valence-corrected chi connectivity index (χ3v) is 4.72. The van der Waals surface area contributed by atoms with Gasteiger partial charge in [0.05, 0.1) is 0 Å². The van der Waals surface area contributed by atoms with Crippen LogP contribution in [0.4, 0.5) is 0 Å². The van der Waals surface area contributed by atoms with Gasteiger partial charge < -0.3 is 5.32 Å². The molecule has 0 aromatic carbocycles. The summed E-state index contributed by atoms with van der Waals surface area (Å²) in [5, 5.41) is 3.28.